The van der Waals surface area contributed by atoms with Crippen molar-refractivity contribution in [3.63, 3.8) is 0 Å². The van der Waals surface area contributed by atoms with Crippen molar-refractivity contribution in [3.05, 3.63) is 0 Å². The summed E-state index contributed by atoms with van der Waals surface area (Å²) >= 11 is 3.54. The van der Waals surface area contributed by atoms with Crippen molar-refractivity contribution >= 4 is 21.9 Å². The van der Waals surface area contributed by atoms with Gasteiger partial charge in [0.2, 0.25) is 0 Å². The molecule has 0 aliphatic carbocycles. The number of halogens is 1. The maximum Gasteiger partial charge on any atom is 0.303 e. The second kappa shape index (κ2) is 6.46. The van der Waals surface area contributed by atoms with E-state index >= 15 is 0 Å². The largest absolute Gasteiger partial charge is 0.481 e. The van der Waals surface area contributed by atoms with Gasteiger partial charge in [-0.1, -0.05) is 29.8 Å². The predicted octanol–water partition coefficient (Wildman–Crippen LogP) is 3.05. The van der Waals surface area contributed by atoms with E-state index in [1.165, 1.54) is 0 Å². The molecular formula is C9H17BrO2. The lowest BCUT2D eigenvalue weighted by atomic mass is 9.99. The molecule has 0 heterocycles. The Labute approximate surface area is 82.5 Å². The normalized spacial score (nSPS) is 15.6. The van der Waals surface area contributed by atoms with Gasteiger partial charge >= 0.3 is 5.97 Å². The fourth-order valence-electron chi connectivity index (χ4n) is 1.09. The van der Waals surface area contributed by atoms with Crippen molar-refractivity contribution in [2.45, 2.75) is 44.4 Å². The van der Waals surface area contributed by atoms with Crippen molar-refractivity contribution in [1.29, 1.82) is 0 Å². The topological polar surface area (TPSA) is 37.3 Å². The highest BCUT2D eigenvalue weighted by Gasteiger charge is 2.09. The highest BCUT2D eigenvalue weighted by molar-refractivity contribution is 9.09. The molecule has 0 fully saturated rings. The standard InChI is InChI=1S/C9H17BrO2/c1-3-8(10)6-7(2)4-5-9(11)12/h7-8H,3-6H2,1-2H3,(H,11,12). The first-order chi connectivity index (χ1) is 5.56. The Morgan fingerprint density at radius 2 is 2.17 bits per heavy atom. The molecule has 0 radical (unpaired) electrons. The van der Waals surface area contributed by atoms with E-state index < -0.39 is 5.97 Å². The Bertz CT molecular complexity index is 136. The molecule has 0 amide bonds. The first-order valence-electron chi connectivity index (χ1n) is 4.42. The molecule has 0 aromatic carbocycles. The van der Waals surface area contributed by atoms with Crippen LogP contribution in [0.5, 0.6) is 0 Å². The quantitative estimate of drug-likeness (QED) is 0.721. The van der Waals surface area contributed by atoms with Crippen LogP contribution in [0.15, 0.2) is 0 Å². The summed E-state index contributed by atoms with van der Waals surface area (Å²) in [7, 11) is 0. The zero-order chi connectivity index (χ0) is 9.56. The molecule has 0 saturated carbocycles. The SMILES string of the molecule is CCC(Br)CC(C)CCC(=O)O. The predicted molar refractivity (Wildman–Crippen MR) is 53.7 cm³/mol. The lowest BCUT2D eigenvalue weighted by molar-refractivity contribution is -0.137. The molecule has 0 spiro atoms. The van der Waals surface area contributed by atoms with Gasteiger partial charge in [0.1, 0.15) is 0 Å². The molecule has 0 rings (SSSR count). The van der Waals surface area contributed by atoms with Crippen molar-refractivity contribution in [1.82, 2.24) is 0 Å². The van der Waals surface area contributed by atoms with Crippen LogP contribution in [0.25, 0.3) is 0 Å². The molecule has 1 N–H and O–H groups in total. The van der Waals surface area contributed by atoms with Gasteiger partial charge in [-0.3, -0.25) is 4.79 Å². The molecule has 3 heteroatoms. The number of carboxylic acids is 1. The highest BCUT2D eigenvalue weighted by Crippen LogP contribution is 2.19. The summed E-state index contributed by atoms with van der Waals surface area (Å²) in [6.07, 6.45) is 3.27. The van der Waals surface area contributed by atoms with Crippen molar-refractivity contribution in [2.24, 2.45) is 5.92 Å². The minimum atomic E-state index is -0.690. The summed E-state index contributed by atoms with van der Waals surface area (Å²) in [5.74, 6) is -0.185. The molecule has 0 aromatic heterocycles. The van der Waals surface area contributed by atoms with Gasteiger partial charge in [0.25, 0.3) is 0 Å². The van der Waals surface area contributed by atoms with E-state index in [0.717, 1.165) is 19.3 Å². The number of aliphatic carboxylic acids is 1. The molecule has 0 aromatic rings. The van der Waals surface area contributed by atoms with Crippen LogP contribution in [0.2, 0.25) is 0 Å². The van der Waals surface area contributed by atoms with E-state index in [9.17, 15) is 4.79 Å². The lowest BCUT2D eigenvalue weighted by Gasteiger charge is -2.12. The molecular weight excluding hydrogens is 220 g/mol. The van der Waals surface area contributed by atoms with Gasteiger partial charge in [-0.2, -0.15) is 0 Å². The van der Waals surface area contributed by atoms with E-state index in [1.54, 1.807) is 0 Å². The second-order valence-corrected chi connectivity index (χ2v) is 4.57. The third-order valence-electron chi connectivity index (χ3n) is 1.95. The Morgan fingerprint density at radius 1 is 1.58 bits per heavy atom. The van der Waals surface area contributed by atoms with Crippen LogP contribution in [-0.2, 0) is 4.79 Å². The van der Waals surface area contributed by atoms with Crippen LogP contribution in [0.3, 0.4) is 0 Å². The summed E-state index contributed by atoms with van der Waals surface area (Å²) < 4.78 is 0. The fraction of sp³-hybridized carbons (Fsp3) is 0.889. The van der Waals surface area contributed by atoms with E-state index in [-0.39, 0.29) is 0 Å². The Balaban J connectivity index is 3.45. The van der Waals surface area contributed by atoms with Gasteiger partial charge in [-0.25, -0.2) is 0 Å². The summed E-state index contributed by atoms with van der Waals surface area (Å²) in [5, 5.41) is 8.44. The summed E-state index contributed by atoms with van der Waals surface area (Å²) in [6.45, 7) is 4.23. The van der Waals surface area contributed by atoms with Gasteiger partial charge in [-0.05, 0) is 25.2 Å². The van der Waals surface area contributed by atoms with E-state index in [1.807, 2.05) is 0 Å². The molecule has 2 unspecified atom stereocenters. The zero-order valence-corrected chi connectivity index (χ0v) is 9.30. The first kappa shape index (κ1) is 11.9. The number of carboxylic acid groups (broad SMARTS) is 1. The first-order valence-corrected chi connectivity index (χ1v) is 5.33. The molecule has 0 aliphatic heterocycles. The van der Waals surface area contributed by atoms with Gasteiger partial charge in [0.15, 0.2) is 0 Å². The summed E-state index contributed by atoms with van der Waals surface area (Å²) in [5.41, 5.74) is 0. The molecule has 12 heavy (non-hydrogen) atoms. The Hall–Kier alpha value is -0.0500. The number of carbonyl (C=O) groups is 1. The van der Waals surface area contributed by atoms with Gasteiger partial charge in [0.05, 0.1) is 0 Å². The number of hydrogen-bond donors (Lipinski definition) is 1. The molecule has 72 valence electrons. The monoisotopic (exact) mass is 236 g/mol. The van der Waals surface area contributed by atoms with Gasteiger partial charge in [-0.15, -0.1) is 0 Å². The van der Waals surface area contributed by atoms with Crippen LogP contribution in [0, 0.1) is 5.92 Å². The fourth-order valence-corrected chi connectivity index (χ4v) is 1.73. The third-order valence-corrected chi connectivity index (χ3v) is 2.97. The van der Waals surface area contributed by atoms with Gasteiger partial charge in [0, 0.05) is 11.2 Å². The molecule has 2 atom stereocenters. The van der Waals surface area contributed by atoms with Crippen molar-refractivity contribution in [2.75, 3.05) is 0 Å². The number of hydrogen-bond acceptors (Lipinski definition) is 1. The van der Waals surface area contributed by atoms with Gasteiger partial charge < -0.3 is 5.11 Å². The minimum absolute atomic E-state index is 0.296. The van der Waals surface area contributed by atoms with Crippen LogP contribution in [0.4, 0.5) is 0 Å². The Kier molecular flexibility index (Phi) is 6.44. The van der Waals surface area contributed by atoms with Crippen LogP contribution in [0.1, 0.15) is 39.5 Å². The van der Waals surface area contributed by atoms with E-state index in [0.29, 0.717) is 17.2 Å². The third kappa shape index (κ3) is 6.65. The number of rotatable bonds is 6. The average molecular weight is 237 g/mol. The zero-order valence-electron chi connectivity index (χ0n) is 7.72. The average Bonchev–Trinajstić information content (AvgIpc) is 2.00. The smallest absolute Gasteiger partial charge is 0.303 e. The molecule has 0 aliphatic rings. The summed E-state index contributed by atoms with van der Waals surface area (Å²) in [6, 6.07) is 0. The summed E-state index contributed by atoms with van der Waals surface area (Å²) in [4.78, 5) is 10.8. The number of alkyl halides is 1. The van der Waals surface area contributed by atoms with Crippen LogP contribution in [-0.4, -0.2) is 15.9 Å². The molecule has 0 saturated heterocycles. The van der Waals surface area contributed by atoms with E-state index in [2.05, 4.69) is 29.8 Å². The van der Waals surface area contributed by atoms with Crippen molar-refractivity contribution < 1.29 is 9.90 Å². The highest BCUT2D eigenvalue weighted by atomic mass is 79.9. The maximum atomic E-state index is 10.2. The second-order valence-electron chi connectivity index (χ2n) is 3.28. The lowest BCUT2D eigenvalue weighted by Crippen LogP contribution is -2.06. The molecule has 2 nitrogen and oxygen atoms in total. The Morgan fingerprint density at radius 3 is 2.58 bits per heavy atom. The molecule has 0 bridgehead atoms. The van der Waals surface area contributed by atoms with Crippen LogP contribution >= 0.6 is 15.9 Å². The van der Waals surface area contributed by atoms with Crippen LogP contribution < -0.4 is 0 Å². The van der Waals surface area contributed by atoms with Crippen molar-refractivity contribution in [3.8, 4) is 0 Å². The van der Waals surface area contributed by atoms with E-state index in [4.69, 9.17) is 5.11 Å². The maximum absolute atomic E-state index is 10.2. The minimum Gasteiger partial charge on any atom is -0.481 e.